The smallest absolute Gasteiger partial charge is 0.209 e. The zero-order chi connectivity index (χ0) is 12.4. The molecule has 0 aromatic heterocycles. The van der Waals surface area contributed by atoms with Crippen LogP contribution in [0.3, 0.4) is 0 Å². The molecule has 3 nitrogen and oxygen atoms in total. The van der Waals surface area contributed by atoms with E-state index in [1.54, 1.807) is 6.07 Å². The maximum absolute atomic E-state index is 11.1. The van der Waals surface area contributed by atoms with E-state index in [0.717, 1.165) is 5.56 Å². The molecule has 2 N–H and O–H groups in total. The van der Waals surface area contributed by atoms with Gasteiger partial charge in [-0.15, -0.1) is 0 Å². The summed E-state index contributed by atoms with van der Waals surface area (Å²) in [6.45, 7) is 3.75. The molecule has 16 heavy (non-hydrogen) atoms. The molecule has 0 atom stereocenters. The van der Waals surface area contributed by atoms with Crippen LogP contribution in [0.5, 0.6) is 0 Å². The SMILES string of the molecule is CC(C)(Cc1cccc(Cl)c1)CS(N)(=O)=O. The summed E-state index contributed by atoms with van der Waals surface area (Å²) >= 11 is 5.86. The number of hydrogen-bond donors (Lipinski definition) is 1. The number of rotatable bonds is 4. The van der Waals surface area contributed by atoms with Gasteiger partial charge in [0.2, 0.25) is 10.0 Å². The summed E-state index contributed by atoms with van der Waals surface area (Å²) in [5.41, 5.74) is 0.624. The van der Waals surface area contributed by atoms with E-state index in [1.165, 1.54) is 0 Å². The Kier molecular flexibility index (Phi) is 3.99. The van der Waals surface area contributed by atoms with E-state index in [1.807, 2.05) is 32.0 Å². The minimum Gasteiger partial charge on any atom is -0.229 e. The van der Waals surface area contributed by atoms with Crippen molar-refractivity contribution in [2.24, 2.45) is 10.6 Å². The van der Waals surface area contributed by atoms with Crippen molar-refractivity contribution in [2.75, 3.05) is 5.75 Å². The number of hydrogen-bond acceptors (Lipinski definition) is 2. The second-order valence-electron chi connectivity index (χ2n) is 4.78. The van der Waals surface area contributed by atoms with Crippen molar-refractivity contribution in [3.05, 3.63) is 34.9 Å². The van der Waals surface area contributed by atoms with E-state index in [9.17, 15) is 8.42 Å². The first-order chi connectivity index (χ1) is 7.18. The molecular formula is C11H16ClNO2S. The fourth-order valence-corrected chi connectivity index (χ4v) is 3.20. The van der Waals surface area contributed by atoms with Crippen LogP contribution < -0.4 is 5.14 Å². The van der Waals surface area contributed by atoms with Crippen LogP contribution in [0.2, 0.25) is 5.02 Å². The fraction of sp³-hybridized carbons (Fsp3) is 0.455. The minimum atomic E-state index is -3.45. The molecule has 0 unspecified atom stereocenters. The summed E-state index contributed by atoms with van der Waals surface area (Å²) in [4.78, 5) is 0. The van der Waals surface area contributed by atoms with Crippen LogP contribution in [0.25, 0.3) is 0 Å². The summed E-state index contributed by atoms with van der Waals surface area (Å²) in [5, 5.41) is 5.71. The maximum Gasteiger partial charge on any atom is 0.209 e. The Balaban J connectivity index is 2.80. The van der Waals surface area contributed by atoms with E-state index >= 15 is 0 Å². The van der Waals surface area contributed by atoms with Gasteiger partial charge in [0.05, 0.1) is 5.75 Å². The first-order valence-corrected chi connectivity index (χ1v) is 7.02. The van der Waals surface area contributed by atoms with Crippen molar-refractivity contribution in [1.82, 2.24) is 0 Å². The van der Waals surface area contributed by atoms with Crippen molar-refractivity contribution in [2.45, 2.75) is 20.3 Å². The molecule has 0 heterocycles. The second kappa shape index (κ2) is 4.73. The molecule has 0 saturated heterocycles. The Hall–Kier alpha value is -0.580. The highest BCUT2D eigenvalue weighted by molar-refractivity contribution is 7.89. The highest BCUT2D eigenvalue weighted by atomic mass is 35.5. The van der Waals surface area contributed by atoms with Crippen molar-refractivity contribution in [3.8, 4) is 0 Å². The molecule has 0 spiro atoms. The second-order valence-corrected chi connectivity index (χ2v) is 6.83. The van der Waals surface area contributed by atoms with Crippen molar-refractivity contribution in [1.29, 1.82) is 0 Å². The minimum absolute atomic E-state index is 0.0352. The molecule has 0 saturated carbocycles. The number of nitrogens with two attached hydrogens (primary N) is 1. The highest BCUT2D eigenvalue weighted by Crippen LogP contribution is 2.24. The van der Waals surface area contributed by atoms with Crippen molar-refractivity contribution >= 4 is 21.6 Å². The Morgan fingerprint density at radius 2 is 2.00 bits per heavy atom. The normalized spacial score (nSPS) is 12.8. The van der Waals surface area contributed by atoms with Gasteiger partial charge >= 0.3 is 0 Å². The quantitative estimate of drug-likeness (QED) is 0.903. The zero-order valence-corrected chi connectivity index (χ0v) is 11.0. The largest absolute Gasteiger partial charge is 0.229 e. The van der Waals surface area contributed by atoms with Crippen LogP contribution in [0, 0.1) is 5.41 Å². The summed E-state index contributed by atoms with van der Waals surface area (Å²) in [5.74, 6) is -0.0352. The Morgan fingerprint density at radius 1 is 1.38 bits per heavy atom. The number of primary sulfonamides is 1. The van der Waals surface area contributed by atoms with Gasteiger partial charge < -0.3 is 0 Å². The summed E-state index contributed by atoms with van der Waals surface area (Å²) < 4.78 is 22.1. The van der Waals surface area contributed by atoms with Gasteiger partial charge in [-0.3, -0.25) is 0 Å². The summed E-state index contributed by atoms with van der Waals surface area (Å²) in [6.07, 6.45) is 0.629. The predicted octanol–water partition coefficient (Wildman–Crippen LogP) is 2.20. The lowest BCUT2D eigenvalue weighted by atomic mass is 9.88. The van der Waals surface area contributed by atoms with Gasteiger partial charge in [0.15, 0.2) is 0 Å². The van der Waals surface area contributed by atoms with Crippen LogP contribution in [-0.2, 0) is 16.4 Å². The highest BCUT2D eigenvalue weighted by Gasteiger charge is 2.24. The molecule has 0 aliphatic rings. The van der Waals surface area contributed by atoms with Gasteiger partial charge in [-0.2, -0.15) is 0 Å². The molecule has 0 amide bonds. The predicted molar refractivity (Wildman–Crippen MR) is 66.9 cm³/mol. The maximum atomic E-state index is 11.1. The lowest BCUT2D eigenvalue weighted by molar-refractivity contribution is 0.409. The monoisotopic (exact) mass is 261 g/mol. The number of benzene rings is 1. The van der Waals surface area contributed by atoms with Gasteiger partial charge in [-0.25, -0.2) is 13.6 Å². The van der Waals surface area contributed by atoms with E-state index < -0.39 is 15.4 Å². The van der Waals surface area contributed by atoms with Crippen molar-refractivity contribution < 1.29 is 8.42 Å². The molecule has 0 bridgehead atoms. The van der Waals surface area contributed by atoms with E-state index in [2.05, 4.69) is 0 Å². The lowest BCUT2D eigenvalue weighted by Crippen LogP contribution is -2.30. The van der Waals surface area contributed by atoms with Crippen LogP contribution in [0.1, 0.15) is 19.4 Å². The molecule has 90 valence electrons. The molecule has 1 aromatic carbocycles. The van der Waals surface area contributed by atoms with Gasteiger partial charge in [-0.05, 0) is 29.5 Å². The third kappa shape index (κ3) is 4.96. The standard InChI is InChI=1S/C11H16ClNO2S/c1-11(2,8-16(13,14)15)7-9-4-3-5-10(12)6-9/h3-6H,7-8H2,1-2H3,(H2,13,14,15). The first kappa shape index (κ1) is 13.5. The molecule has 0 aliphatic heterocycles. The summed E-state index contributed by atoms with van der Waals surface area (Å²) in [7, 11) is -3.45. The molecule has 0 fully saturated rings. The number of halogens is 1. The fourth-order valence-electron chi connectivity index (χ4n) is 1.80. The first-order valence-electron chi connectivity index (χ1n) is 4.93. The van der Waals surface area contributed by atoms with E-state index in [4.69, 9.17) is 16.7 Å². The Morgan fingerprint density at radius 3 is 2.50 bits per heavy atom. The van der Waals surface area contributed by atoms with Gasteiger partial charge in [-0.1, -0.05) is 37.6 Å². The average molecular weight is 262 g/mol. The van der Waals surface area contributed by atoms with E-state index in [-0.39, 0.29) is 5.75 Å². The van der Waals surface area contributed by atoms with Crippen LogP contribution in [0.15, 0.2) is 24.3 Å². The van der Waals surface area contributed by atoms with Gasteiger partial charge in [0.1, 0.15) is 0 Å². The Bertz CT molecular complexity index is 469. The molecule has 5 heteroatoms. The van der Waals surface area contributed by atoms with E-state index in [0.29, 0.717) is 11.4 Å². The third-order valence-electron chi connectivity index (χ3n) is 2.16. The van der Waals surface area contributed by atoms with Gasteiger partial charge in [0.25, 0.3) is 0 Å². The molecular weight excluding hydrogens is 246 g/mol. The average Bonchev–Trinajstić information content (AvgIpc) is 1.96. The molecule has 0 radical (unpaired) electrons. The molecule has 1 rings (SSSR count). The number of sulfonamides is 1. The van der Waals surface area contributed by atoms with Gasteiger partial charge in [0, 0.05) is 5.02 Å². The zero-order valence-electron chi connectivity index (χ0n) is 9.40. The topological polar surface area (TPSA) is 60.2 Å². The van der Waals surface area contributed by atoms with Crippen LogP contribution in [0.4, 0.5) is 0 Å². The summed E-state index contributed by atoms with van der Waals surface area (Å²) in [6, 6.07) is 7.41. The molecule has 1 aromatic rings. The van der Waals surface area contributed by atoms with Crippen LogP contribution >= 0.6 is 11.6 Å². The van der Waals surface area contributed by atoms with Crippen molar-refractivity contribution in [3.63, 3.8) is 0 Å². The molecule has 0 aliphatic carbocycles. The third-order valence-corrected chi connectivity index (χ3v) is 3.58. The van der Waals surface area contributed by atoms with Crippen LogP contribution in [-0.4, -0.2) is 14.2 Å². The lowest BCUT2D eigenvalue weighted by Gasteiger charge is -2.23. The Labute approximate surface area is 102 Å².